The molecule has 2 amide bonds. The summed E-state index contributed by atoms with van der Waals surface area (Å²) in [5.41, 5.74) is 0. The van der Waals surface area contributed by atoms with Gasteiger partial charge in [0.15, 0.2) is 12.6 Å². The van der Waals surface area contributed by atoms with Crippen molar-refractivity contribution in [3.05, 3.63) is 24.3 Å². The molecule has 3 rings (SSSR count). The van der Waals surface area contributed by atoms with Crippen LogP contribution >= 0.6 is 0 Å². The largest absolute Gasteiger partial charge is 0.477 e. The molecule has 18 atom stereocenters. The van der Waals surface area contributed by atoms with E-state index in [0.717, 1.165) is 71.1 Å². The van der Waals surface area contributed by atoms with Gasteiger partial charge >= 0.3 is 5.97 Å². The molecule has 3 aliphatic heterocycles. The highest BCUT2D eigenvalue weighted by molar-refractivity contribution is 5.77. The van der Waals surface area contributed by atoms with Crippen LogP contribution in [-0.2, 0) is 42.8 Å². The van der Waals surface area contributed by atoms with Crippen molar-refractivity contribution in [3.8, 4) is 0 Å². The predicted octanol–water partition coefficient (Wildman–Crippen LogP) is 1.38. The van der Waals surface area contributed by atoms with Gasteiger partial charge in [-0.25, -0.2) is 4.79 Å². The van der Waals surface area contributed by atoms with Crippen molar-refractivity contribution in [2.45, 2.75) is 278 Å². The quantitative estimate of drug-likeness (QED) is 0.0304. The van der Waals surface area contributed by atoms with E-state index in [2.05, 4.69) is 36.6 Å². The van der Waals surface area contributed by atoms with Gasteiger partial charge in [-0.3, -0.25) is 9.59 Å². The molecule has 0 aromatic carbocycles. The first-order valence-corrected chi connectivity index (χ1v) is 28.7. The molecule has 0 bridgehead atoms. The number of nitrogens with one attached hydrogen (secondary N) is 2. The molecular formula is C55H98N2O21. The van der Waals surface area contributed by atoms with Gasteiger partial charge in [-0.2, -0.15) is 0 Å². The highest BCUT2D eigenvalue weighted by Gasteiger charge is 2.60. The van der Waals surface area contributed by atoms with Gasteiger partial charge < -0.3 is 100 Å². The summed E-state index contributed by atoms with van der Waals surface area (Å²) in [6.07, 6.45) is 1.32. The summed E-state index contributed by atoms with van der Waals surface area (Å²) < 4.78 is 34.6. The summed E-state index contributed by atoms with van der Waals surface area (Å²) >= 11 is 0. The molecule has 0 saturated carbocycles. The van der Waals surface area contributed by atoms with Crippen LogP contribution in [0.5, 0.6) is 0 Å². The number of aliphatic hydroxyl groups excluding tert-OH is 11. The highest BCUT2D eigenvalue weighted by Crippen LogP contribution is 2.38. The number of aliphatic hydroxyl groups is 11. The molecule has 0 aliphatic carbocycles. The second-order valence-electron chi connectivity index (χ2n) is 21.1. The number of hydrogen-bond acceptors (Lipinski definition) is 20. The Morgan fingerprint density at radius 3 is 1.78 bits per heavy atom. The first-order valence-electron chi connectivity index (χ1n) is 28.7. The molecule has 0 radical (unpaired) electrons. The summed E-state index contributed by atoms with van der Waals surface area (Å²) in [5, 5.41) is 135. The summed E-state index contributed by atoms with van der Waals surface area (Å²) in [6, 6.07) is -2.62. The Morgan fingerprint density at radius 1 is 0.667 bits per heavy atom. The molecule has 3 saturated heterocycles. The molecular weight excluding hydrogens is 1020 g/mol. The highest BCUT2D eigenvalue weighted by atomic mass is 16.8. The number of hydrogen-bond donors (Lipinski definition) is 14. The van der Waals surface area contributed by atoms with Crippen LogP contribution in [0.4, 0.5) is 0 Å². The van der Waals surface area contributed by atoms with Crippen LogP contribution in [0.2, 0.25) is 0 Å². The Kier molecular flexibility index (Phi) is 33.9. The fourth-order valence-corrected chi connectivity index (χ4v) is 9.92. The van der Waals surface area contributed by atoms with E-state index in [1.165, 1.54) is 57.8 Å². The molecule has 0 aromatic rings. The van der Waals surface area contributed by atoms with Gasteiger partial charge in [-0.1, -0.05) is 134 Å². The van der Waals surface area contributed by atoms with Crippen LogP contribution in [0.1, 0.15) is 168 Å². The molecule has 3 aliphatic rings. The molecule has 18 unspecified atom stereocenters. The fourth-order valence-electron chi connectivity index (χ4n) is 9.92. The number of unbranched alkanes of at least 4 members (excludes halogenated alkanes) is 18. The van der Waals surface area contributed by atoms with Crippen molar-refractivity contribution in [1.82, 2.24) is 10.6 Å². The van der Waals surface area contributed by atoms with Crippen molar-refractivity contribution in [2.75, 3.05) is 26.4 Å². The van der Waals surface area contributed by atoms with Gasteiger partial charge in [0.05, 0.1) is 50.7 Å². The lowest BCUT2D eigenvalue weighted by Crippen LogP contribution is -2.70. The maximum absolute atomic E-state index is 13.3. The molecule has 14 N–H and O–H groups in total. The van der Waals surface area contributed by atoms with E-state index in [1.54, 1.807) is 6.08 Å². The lowest BCUT2D eigenvalue weighted by atomic mass is 9.88. The van der Waals surface area contributed by atoms with Crippen LogP contribution in [0.3, 0.4) is 0 Å². The maximum atomic E-state index is 13.3. The van der Waals surface area contributed by atoms with Crippen LogP contribution in [0.15, 0.2) is 24.3 Å². The third-order valence-electron chi connectivity index (χ3n) is 14.6. The standard InChI is InChI=1S/C55H98N2O21/c1-4-6-8-10-12-14-16-17-18-19-20-22-24-26-28-37(62)36(57-42(65)29-27-25-23-21-15-13-11-9-7-5-2)34-73-52-47(69)46(68)49(41(33-60)75-52)76-53-48(70)51(45(67)40(32-59)74-53)78-55(54(71)72)30-38(63)43(56-35(3)61)50(77-55)44(66)39(64)31-58/h11,13,26,28,36-41,43-53,58-60,62-64,66-70H,4-10,12,14-25,27,29-34H2,1-3H3,(H,56,61)(H,57,65)(H,71,72)/b13-11-,28-26+. The number of carboxylic acid groups (broad SMARTS) is 1. The van der Waals surface area contributed by atoms with Crippen LogP contribution in [0.25, 0.3) is 0 Å². The zero-order chi connectivity index (χ0) is 57.6. The van der Waals surface area contributed by atoms with Crippen LogP contribution in [-0.4, -0.2) is 215 Å². The first kappa shape index (κ1) is 69.5. The summed E-state index contributed by atoms with van der Waals surface area (Å²) in [7, 11) is 0. The molecule has 454 valence electrons. The van der Waals surface area contributed by atoms with Gasteiger partial charge in [-0.15, -0.1) is 0 Å². The average molecular weight is 1120 g/mol. The Hall–Kier alpha value is -2.79. The summed E-state index contributed by atoms with van der Waals surface area (Å²) in [5.74, 6) is -6.16. The third kappa shape index (κ3) is 22.9. The third-order valence-corrected chi connectivity index (χ3v) is 14.6. The van der Waals surface area contributed by atoms with E-state index in [4.69, 9.17) is 28.4 Å². The minimum atomic E-state index is -3.08. The van der Waals surface area contributed by atoms with Crippen molar-refractivity contribution in [3.63, 3.8) is 0 Å². The van der Waals surface area contributed by atoms with E-state index in [-0.39, 0.29) is 12.3 Å². The molecule has 3 heterocycles. The number of carboxylic acids is 1. The fraction of sp³-hybridized carbons (Fsp3) is 0.873. The number of carbonyl (C=O) groups is 3. The summed E-state index contributed by atoms with van der Waals surface area (Å²) in [4.78, 5) is 38.2. The number of amides is 2. The normalized spacial score (nSPS) is 31.3. The zero-order valence-corrected chi connectivity index (χ0v) is 46.3. The molecule has 78 heavy (non-hydrogen) atoms. The average Bonchev–Trinajstić information content (AvgIpc) is 3.49. The second-order valence-corrected chi connectivity index (χ2v) is 21.1. The van der Waals surface area contributed by atoms with Gasteiger partial charge in [-0.05, 0) is 38.5 Å². The molecule has 0 aromatic heterocycles. The number of rotatable bonds is 40. The Bertz CT molecular complexity index is 1710. The van der Waals surface area contributed by atoms with Crippen molar-refractivity contribution < 1.29 is 104 Å². The zero-order valence-electron chi connectivity index (χ0n) is 46.3. The monoisotopic (exact) mass is 1120 g/mol. The Morgan fingerprint density at radius 2 is 1.22 bits per heavy atom. The van der Waals surface area contributed by atoms with Gasteiger partial charge in [0.2, 0.25) is 11.8 Å². The van der Waals surface area contributed by atoms with E-state index in [0.29, 0.717) is 12.8 Å². The SMILES string of the molecule is CCCC/C=C\CCCCCCC(=O)NC(COC1OC(CO)C(OC2OC(CO)C(O)C(OC3(C(=O)O)CC(O)C(NC(C)=O)C(C(O)C(O)CO)O3)C2O)C(O)C1O)C(O)/C=C/CCCCCCCCCCCCCC. The molecule has 23 nitrogen and oxygen atoms in total. The van der Waals surface area contributed by atoms with E-state index in [9.17, 15) is 75.7 Å². The van der Waals surface area contributed by atoms with E-state index >= 15 is 0 Å². The number of ether oxygens (including phenoxy) is 6. The number of carbonyl (C=O) groups excluding carboxylic acids is 2. The lowest BCUT2D eigenvalue weighted by Gasteiger charge is -2.50. The number of aliphatic carboxylic acids is 1. The van der Waals surface area contributed by atoms with Gasteiger partial charge in [0, 0.05) is 19.8 Å². The second kappa shape index (κ2) is 38.1. The van der Waals surface area contributed by atoms with Crippen LogP contribution in [0, 0.1) is 0 Å². The van der Waals surface area contributed by atoms with Crippen molar-refractivity contribution in [1.29, 1.82) is 0 Å². The Balaban J connectivity index is 1.71. The van der Waals surface area contributed by atoms with Crippen molar-refractivity contribution in [2.24, 2.45) is 0 Å². The summed E-state index contributed by atoms with van der Waals surface area (Å²) in [6.45, 7) is 2.01. The van der Waals surface area contributed by atoms with Crippen molar-refractivity contribution >= 4 is 17.8 Å². The molecule has 0 spiro atoms. The predicted molar refractivity (Wildman–Crippen MR) is 283 cm³/mol. The smallest absolute Gasteiger partial charge is 0.364 e. The lowest BCUT2D eigenvalue weighted by molar-refractivity contribution is -0.386. The Labute approximate surface area is 460 Å². The number of allylic oxidation sites excluding steroid dienone is 3. The van der Waals surface area contributed by atoms with Gasteiger partial charge in [0.1, 0.15) is 67.1 Å². The minimum Gasteiger partial charge on any atom is -0.477 e. The van der Waals surface area contributed by atoms with Crippen LogP contribution < -0.4 is 10.6 Å². The topological polar surface area (TPSA) is 373 Å². The van der Waals surface area contributed by atoms with Gasteiger partial charge in [0.25, 0.3) is 5.79 Å². The maximum Gasteiger partial charge on any atom is 0.364 e. The van der Waals surface area contributed by atoms with E-state index < -0.39 is 155 Å². The first-order chi connectivity index (χ1) is 37.4. The van der Waals surface area contributed by atoms with E-state index in [1.807, 2.05) is 6.08 Å². The molecule has 23 heteroatoms. The molecule has 3 fully saturated rings. The minimum absolute atomic E-state index is 0.184.